The van der Waals surface area contributed by atoms with Gasteiger partial charge in [-0.1, -0.05) is 26.7 Å². The Balaban J connectivity index is 2.49. The fourth-order valence-electron chi connectivity index (χ4n) is 2.38. The summed E-state index contributed by atoms with van der Waals surface area (Å²) in [4.78, 5) is 13.9. The smallest absolute Gasteiger partial charge is 0.211 e. The van der Waals surface area contributed by atoms with Gasteiger partial charge in [0.15, 0.2) is 0 Å². The average molecular weight is 181 g/mol. The van der Waals surface area contributed by atoms with Crippen LogP contribution in [0.5, 0.6) is 0 Å². The summed E-state index contributed by atoms with van der Waals surface area (Å²) in [5.41, 5.74) is 0.551. The van der Waals surface area contributed by atoms with Crippen molar-refractivity contribution < 1.29 is 4.79 Å². The highest BCUT2D eigenvalue weighted by Gasteiger charge is 2.31. The van der Waals surface area contributed by atoms with Crippen molar-refractivity contribution in [3.8, 4) is 0 Å². The van der Waals surface area contributed by atoms with Crippen molar-refractivity contribution in [3.05, 3.63) is 0 Å². The molecule has 0 aromatic carbocycles. The van der Waals surface area contributed by atoms with Crippen LogP contribution in [0.25, 0.3) is 0 Å². The lowest BCUT2D eigenvalue weighted by molar-refractivity contribution is 0.161. The number of hydrogen-bond acceptors (Lipinski definition) is 2. The summed E-state index contributed by atoms with van der Waals surface area (Å²) in [6.45, 7) is 4.54. The molecule has 1 saturated carbocycles. The minimum absolute atomic E-state index is 0.267. The maximum absolute atomic E-state index is 10.1. The van der Waals surface area contributed by atoms with Gasteiger partial charge in [0.1, 0.15) is 0 Å². The summed E-state index contributed by atoms with van der Waals surface area (Å²) in [6, 6.07) is 0.267. The molecule has 0 saturated heterocycles. The topological polar surface area (TPSA) is 29.4 Å². The zero-order valence-electron chi connectivity index (χ0n) is 8.68. The number of rotatable bonds is 3. The molecule has 0 atom stereocenters. The highest BCUT2D eigenvalue weighted by atomic mass is 16.1. The number of isocyanates is 1. The summed E-state index contributed by atoms with van der Waals surface area (Å²) in [5, 5.41) is 0. The molecule has 2 heteroatoms. The molecule has 0 radical (unpaired) electrons. The fourth-order valence-corrected chi connectivity index (χ4v) is 2.38. The fraction of sp³-hybridized carbons (Fsp3) is 0.909. The first-order valence-corrected chi connectivity index (χ1v) is 5.33. The van der Waals surface area contributed by atoms with E-state index in [-0.39, 0.29) is 6.04 Å². The molecule has 13 heavy (non-hydrogen) atoms. The Morgan fingerprint density at radius 3 is 2.23 bits per heavy atom. The van der Waals surface area contributed by atoms with E-state index in [9.17, 15) is 4.79 Å². The van der Waals surface area contributed by atoms with Gasteiger partial charge in [-0.3, -0.25) is 0 Å². The van der Waals surface area contributed by atoms with Crippen molar-refractivity contribution in [2.24, 2.45) is 10.4 Å². The number of hydrogen-bond donors (Lipinski definition) is 0. The third-order valence-electron chi connectivity index (χ3n) is 3.75. The van der Waals surface area contributed by atoms with Crippen LogP contribution in [0.1, 0.15) is 52.4 Å². The molecule has 0 aliphatic heterocycles. The van der Waals surface area contributed by atoms with Crippen molar-refractivity contribution in [2.45, 2.75) is 58.4 Å². The van der Waals surface area contributed by atoms with E-state index in [2.05, 4.69) is 18.8 Å². The Kier molecular flexibility index (Phi) is 3.68. The minimum atomic E-state index is 0.267. The second kappa shape index (κ2) is 4.57. The molecule has 0 N–H and O–H groups in total. The maximum Gasteiger partial charge on any atom is 0.235 e. The average Bonchev–Trinajstić information content (AvgIpc) is 2.20. The number of aliphatic imine (C=N–C) groups is 1. The second-order valence-electron chi connectivity index (χ2n) is 4.16. The molecule has 74 valence electrons. The van der Waals surface area contributed by atoms with Crippen LogP contribution >= 0.6 is 0 Å². The summed E-state index contributed by atoms with van der Waals surface area (Å²) in [6.07, 6.45) is 8.83. The zero-order valence-corrected chi connectivity index (χ0v) is 8.68. The van der Waals surface area contributed by atoms with Gasteiger partial charge in [0.2, 0.25) is 6.08 Å². The predicted molar refractivity (Wildman–Crippen MR) is 53.4 cm³/mol. The van der Waals surface area contributed by atoms with Gasteiger partial charge in [0.05, 0.1) is 6.04 Å². The van der Waals surface area contributed by atoms with Crippen LogP contribution in [0.4, 0.5) is 0 Å². The largest absolute Gasteiger partial charge is 0.235 e. The first kappa shape index (κ1) is 10.5. The lowest BCUT2D eigenvalue weighted by Gasteiger charge is -2.37. The van der Waals surface area contributed by atoms with Crippen LogP contribution < -0.4 is 0 Å². The molecular formula is C11H19NO. The molecule has 0 amide bonds. The van der Waals surface area contributed by atoms with Gasteiger partial charge in [0, 0.05) is 0 Å². The molecule has 2 nitrogen and oxygen atoms in total. The van der Waals surface area contributed by atoms with Crippen LogP contribution in [0, 0.1) is 5.41 Å². The first-order valence-electron chi connectivity index (χ1n) is 5.33. The van der Waals surface area contributed by atoms with Crippen LogP contribution in [0.2, 0.25) is 0 Å². The maximum atomic E-state index is 10.1. The predicted octanol–water partition coefficient (Wildman–Crippen LogP) is 3.07. The molecule has 1 fully saturated rings. The van der Waals surface area contributed by atoms with E-state index in [1.54, 1.807) is 6.08 Å². The van der Waals surface area contributed by atoms with E-state index in [1.807, 2.05) is 0 Å². The molecular weight excluding hydrogens is 162 g/mol. The lowest BCUT2D eigenvalue weighted by Crippen LogP contribution is -2.27. The SMILES string of the molecule is CCC1(CC)CCC(N=C=O)CC1. The summed E-state index contributed by atoms with van der Waals surface area (Å²) < 4.78 is 0. The van der Waals surface area contributed by atoms with Crippen molar-refractivity contribution in [2.75, 3.05) is 0 Å². The number of carbonyl (C=O) groups excluding carboxylic acids is 1. The van der Waals surface area contributed by atoms with E-state index in [0.717, 1.165) is 12.8 Å². The molecule has 0 aromatic heterocycles. The minimum Gasteiger partial charge on any atom is -0.211 e. The molecule has 1 aliphatic carbocycles. The zero-order chi connectivity index (χ0) is 9.73. The van der Waals surface area contributed by atoms with Gasteiger partial charge in [-0.05, 0) is 31.1 Å². The summed E-state index contributed by atoms with van der Waals surface area (Å²) in [7, 11) is 0. The highest BCUT2D eigenvalue weighted by Crippen LogP contribution is 2.42. The molecule has 0 unspecified atom stereocenters. The Labute approximate surface area is 80.4 Å². The monoisotopic (exact) mass is 181 g/mol. The quantitative estimate of drug-likeness (QED) is 0.486. The third kappa shape index (κ3) is 2.41. The summed E-state index contributed by atoms with van der Waals surface area (Å²) >= 11 is 0. The third-order valence-corrected chi connectivity index (χ3v) is 3.75. The van der Waals surface area contributed by atoms with E-state index in [4.69, 9.17) is 0 Å². The van der Waals surface area contributed by atoms with Crippen molar-refractivity contribution in [3.63, 3.8) is 0 Å². The normalized spacial score (nSPS) is 22.3. The number of nitrogens with zero attached hydrogens (tertiary/aromatic N) is 1. The van der Waals surface area contributed by atoms with Gasteiger partial charge in [0.25, 0.3) is 0 Å². The van der Waals surface area contributed by atoms with E-state index >= 15 is 0 Å². The van der Waals surface area contributed by atoms with Gasteiger partial charge < -0.3 is 0 Å². The van der Waals surface area contributed by atoms with Gasteiger partial charge in [-0.25, -0.2) is 9.79 Å². The first-order chi connectivity index (χ1) is 6.26. The Morgan fingerprint density at radius 1 is 1.31 bits per heavy atom. The van der Waals surface area contributed by atoms with E-state index in [1.165, 1.54) is 25.7 Å². The molecule has 0 bridgehead atoms. The van der Waals surface area contributed by atoms with Crippen LogP contribution in [-0.4, -0.2) is 12.1 Å². The Morgan fingerprint density at radius 2 is 1.85 bits per heavy atom. The second-order valence-corrected chi connectivity index (χ2v) is 4.16. The molecule has 0 spiro atoms. The van der Waals surface area contributed by atoms with E-state index < -0.39 is 0 Å². The molecule has 1 rings (SSSR count). The van der Waals surface area contributed by atoms with Gasteiger partial charge in [-0.2, -0.15) is 0 Å². The van der Waals surface area contributed by atoms with Gasteiger partial charge >= 0.3 is 0 Å². The standard InChI is InChI=1S/C11H19NO/c1-3-11(4-2)7-5-10(6-8-11)12-9-13/h10H,3-8H2,1-2H3. The van der Waals surface area contributed by atoms with Crippen molar-refractivity contribution in [1.82, 2.24) is 0 Å². The van der Waals surface area contributed by atoms with Crippen molar-refractivity contribution in [1.29, 1.82) is 0 Å². The van der Waals surface area contributed by atoms with E-state index in [0.29, 0.717) is 5.41 Å². The molecule has 1 aliphatic rings. The van der Waals surface area contributed by atoms with Crippen LogP contribution in [0.3, 0.4) is 0 Å². The lowest BCUT2D eigenvalue weighted by atomic mass is 9.69. The van der Waals surface area contributed by atoms with Crippen LogP contribution in [0.15, 0.2) is 4.99 Å². The Bertz CT molecular complexity index is 192. The summed E-state index contributed by atoms with van der Waals surface area (Å²) in [5.74, 6) is 0. The molecule has 0 aromatic rings. The highest BCUT2D eigenvalue weighted by molar-refractivity contribution is 5.33. The van der Waals surface area contributed by atoms with Crippen molar-refractivity contribution >= 4 is 6.08 Å². The Hall–Kier alpha value is -0.620. The molecule has 0 heterocycles. The van der Waals surface area contributed by atoms with Gasteiger partial charge in [-0.15, -0.1) is 0 Å². The van der Waals surface area contributed by atoms with Crippen LogP contribution in [-0.2, 0) is 4.79 Å².